The first-order valence-corrected chi connectivity index (χ1v) is 8.28. The molecule has 1 aliphatic heterocycles. The van der Waals surface area contributed by atoms with Crippen molar-refractivity contribution in [3.05, 3.63) is 65.7 Å². The van der Waals surface area contributed by atoms with Crippen LogP contribution in [0.4, 0.5) is 0 Å². The Kier molecular flexibility index (Phi) is 5.30. The summed E-state index contributed by atoms with van der Waals surface area (Å²) in [5, 5.41) is 13.6. The number of amides is 1. The van der Waals surface area contributed by atoms with Crippen LogP contribution in [0.25, 0.3) is 0 Å². The van der Waals surface area contributed by atoms with Crippen LogP contribution in [0.15, 0.2) is 54.6 Å². The van der Waals surface area contributed by atoms with Gasteiger partial charge in [0, 0.05) is 25.1 Å². The Morgan fingerprint density at radius 3 is 2.80 bits per heavy atom. The molecule has 0 bridgehead atoms. The highest BCUT2D eigenvalue weighted by Crippen LogP contribution is 2.19. The van der Waals surface area contributed by atoms with E-state index in [9.17, 15) is 4.79 Å². The quantitative estimate of drug-likeness (QED) is 0.472. The minimum atomic E-state index is -0.260. The van der Waals surface area contributed by atoms with Crippen LogP contribution in [0.5, 0.6) is 5.75 Å². The molecule has 130 valence electrons. The fourth-order valence-electron chi connectivity index (χ4n) is 2.83. The highest BCUT2D eigenvalue weighted by atomic mass is 16.5. The number of amidine groups is 1. The van der Waals surface area contributed by atoms with E-state index >= 15 is 0 Å². The van der Waals surface area contributed by atoms with Crippen molar-refractivity contribution in [1.29, 1.82) is 5.41 Å². The zero-order valence-corrected chi connectivity index (χ0v) is 13.9. The zero-order valence-electron chi connectivity index (χ0n) is 13.9. The van der Waals surface area contributed by atoms with E-state index in [1.54, 1.807) is 18.2 Å². The molecule has 0 spiro atoms. The molecule has 0 saturated carbocycles. The van der Waals surface area contributed by atoms with Crippen LogP contribution in [-0.4, -0.2) is 30.4 Å². The van der Waals surface area contributed by atoms with E-state index in [2.05, 4.69) is 10.6 Å². The summed E-state index contributed by atoms with van der Waals surface area (Å²) in [5.41, 5.74) is 7.19. The van der Waals surface area contributed by atoms with Gasteiger partial charge in [0.05, 0.1) is 6.04 Å². The summed E-state index contributed by atoms with van der Waals surface area (Å²) in [6.07, 6.45) is 0.514. The van der Waals surface area contributed by atoms with Gasteiger partial charge in [-0.05, 0) is 17.7 Å². The summed E-state index contributed by atoms with van der Waals surface area (Å²) in [7, 11) is 0. The van der Waals surface area contributed by atoms with Crippen LogP contribution in [-0.2, 0) is 11.3 Å². The van der Waals surface area contributed by atoms with Gasteiger partial charge in [-0.1, -0.05) is 42.5 Å². The van der Waals surface area contributed by atoms with Gasteiger partial charge in [0.15, 0.2) is 0 Å². The van der Waals surface area contributed by atoms with Gasteiger partial charge in [0.2, 0.25) is 5.91 Å². The molecule has 0 aliphatic carbocycles. The van der Waals surface area contributed by atoms with E-state index in [0.29, 0.717) is 30.8 Å². The molecule has 6 heteroatoms. The summed E-state index contributed by atoms with van der Waals surface area (Å²) in [6.45, 7) is 1.12. The number of hydrogen-bond donors (Lipinski definition) is 4. The molecule has 1 amide bonds. The first-order valence-electron chi connectivity index (χ1n) is 8.28. The second-order valence-corrected chi connectivity index (χ2v) is 6.08. The van der Waals surface area contributed by atoms with Gasteiger partial charge in [-0.15, -0.1) is 0 Å². The lowest BCUT2D eigenvalue weighted by Crippen LogP contribution is -2.39. The number of hydrogen-bond acceptors (Lipinski definition) is 4. The van der Waals surface area contributed by atoms with Gasteiger partial charge in [-0.2, -0.15) is 0 Å². The van der Waals surface area contributed by atoms with Gasteiger partial charge in [-0.3, -0.25) is 10.2 Å². The number of rotatable bonds is 6. The normalized spacial score (nSPS) is 19.4. The lowest BCUT2D eigenvalue weighted by Gasteiger charge is -2.14. The van der Waals surface area contributed by atoms with E-state index in [1.807, 2.05) is 36.4 Å². The average molecular weight is 338 g/mol. The van der Waals surface area contributed by atoms with Crippen molar-refractivity contribution in [2.45, 2.75) is 25.1 Å². The Labute approximate surface area is 146 Å². The summed E-state index contributed by atoms with van der Waals surface area (Å²) in [5.74, 6) is 0.644. The van der Waals surface area contributed by atoms with Crippen molar-refractivity contribution < 1.29 is 9.53 Å². The first-order chi connectivity index (χ1) is 12.1. The maximum Gasteiger partial charge on any atom is 0.237 e. The van der Waals surface area contributed by atoms with Crippen LogP contribution >= 0.6 is 0 Å². The van der Waals surface area contributed by atoms with Crippen LogP contribution in [0.3, 0.4) is 0 Å². The molecule has 2 unspecified atom stereocenters. The predicted molar refractivity (Wildman–Crippen MR) is 96.6 cm³/mol. The summed E-state index contributed by atoms with van der Waals surface area (Å²) in [4.78, 5) is 12.3. The average Bonchev–Trinajstić information content (AvgIpc) is 3.09. The second kappa shape index (κ2) is 7.81. The molecule has 2 atom stereocenters. The standard InChI is InChI=1S/C19H22N4O2/c20-18(21)14-7-4-8-15(9-14)25-16-10-17(22-12-16)19(24)23-11-13-5-2-1-3-6-13/h1-9,16-17,22H,10-12H2,(H3,20,21)(H,23,24). The molecule has 1 fully saturated rings. The molecular weight excluding hydrogens is 316 g/mol. The van der Waals surface area contributed by atoms with Crippen molar-refractivity contribution in [1.82, 2.24) is 10.6 Å². The Hall–Kier alpha value is -2.86. The number of nitrogen functional groups attached to an aromatic ring is 1. The number of ether oxygens (including phenoxy) is 1. The van der Waals surface area contributed by atoms with Crippen LogP contribution in [0.1, 0.15) is 17.5 Å². The first kappa shape index (κ1) is 17.0. The van der Waals surface area contributed by atoms with Gasteiger partial charge >= 0.3 is 0 Å². The van der Waals surface area contributed by atoms with E-state index in [4.69, 9.17) is 15.9 Å². The van der Waals surface area contributed by atoms with Crippen molar-refractivity contribution in [3.8, 4) is 5.75 Å². The van der Waals surface area contributed by atoms with Crippen molar-refractivity contribution >= 4 is 11.7 Å². The predicted octanol–water partition coefficient (Wildman–Crippen LogP) is 1.40. The van der Waals surface area contributed by atoms with Crippen LogP contribution in [0.2, 0.25) is 0 Å². The maximum absolute atomic E-state index is 12.3. The second-order valence-electron chi connectivity index (χ2n) is 6.08. The molecule has 25 heavy (non-hydrogen) atoms. The number of benzene rings is 2. The number of nitrogens with two attached hydrogens (primary N) is 1. The van der Waals surface area contributed by atoms with Gasteiger partial charge in [0.25, 0.3) is 0 Å². The Bertz CT molecular complexity index is 748. The van der Waals surface area contributed by atoms with Crippen LogP contribution in [0, 0.1) is 5.41 Å². The van der Waals surface area contributed by atoms with E-state index in [1.165, 1.54) is 0 Å². The molecule has 0 aromatic heterocycles. The Morgan fingerprint density at radius 1 is 1.24 bits per heavy atom. The lowest BCUT2D eigenvalue weighted by molar-refractivity contribution is -0.123. The van der Waals surface area contributed by atoms with Crippen molar-refractivity contribution in [2.75, 3.05) is 6.54 Å². The smallest absolute Gasteiger partial charge is 0.237 e. The topological polar surface area (TPSA) is 100 Å². The van der Waals surface area contributed by atoms with Gasteiger partial charge in [-0.25, -0.2) is 0 Å². The molecular formula is C19H22N4O2. The zero-order chi connectivity index (χ0) is 17.6. The lowest BCUT2D eigenvalue weighted by atomic mass is 10.1. The third kappa shape index (κ3) is 4.58. The molecule has 6 nitrogen and oxygen atoms in total. The Balaban J connectivity index is 1.50. The summed E-state index contributed by atoms with van der Waals surface area (Å²) >= 11 is 0. The summed E-state index contributed by atoms with van der Waals surface area (Å²) < 4.78 is 5.91. The minimum absolute atomic E-state index is 0.00756. The highest BCUT2D eigenvalue weighted by Gasteiger charge is 2.30. The Morgan fingerprint density at radius 2 is 2.04 bits per heavy atom. The fourth-order valence-corrected chi connectivity index (χ4v) is 2.83. The maximum atomic E-state index is 12.3. The molecule has 2 aromatic rings. The molecule has 3 rings (SSSR count). The van der Waals surface area contributed by atoms with E-state index in [0.717, 1.165) is 5.56 Å². The van der Waals surface area contributed by atoms with Crippen molar-refractivity contribution in [2.24, 2.45) is 5.73 Å². The third-order valence-electron chi connectivity index (χ3n) is 4.16. The molecule has 1 aliphatic rings. The number of carbonyl (C=O) groups excluding carboxylic acids is 1. The molecule has 5 N–H and O–H groups in total. The highest BCUT2D eigenvalue weighted by molar-refractivity contribution is 5.95. The van der Waals surface area contributed by atoms with E-state index in [-0.39, 0.29) is 23.9 Å². The van der Waals surface area contributed by atoms with Crippen LogP contribution < -0.4 is 21.1 Å². The monoisotopic (exact) mass is 338 g/mol. The largest absolute Gasteiger partial charge is 0.489 e. The van der Waals surface area contributed by atoms with Gasteiger partial charge in [0.1, 0.15) is 17.7 Å². The van der Waals surface area contributed by atoms with E-state index < -0.39 is 0 Å². The van der Waals surface area contributed by atoms with Gasteiger partial charge < -0.3 is 21.1 Å². The molecule has 1 heterocycles. The number of nitrogens with one attached hydrogen (secondary N) is 3. The molecule has 0 radical (unpaired) electrons. The molecule has 1 saturated heterocycles. The minimum Gasteiger partial charge on any atom is -0.489 e. The fraction of sp³-hybridized carbons (Fsp3) is 0.263. The van der Waals surface area contributed by atoms with Crippen molar-refractivity contribution in [3.63, 3.8) is 0 Å². The molecule has 2 aromatic carbocycles. The SMILES string of the molecule is N=C(N)c1cccc(OC2CNC(C(=O)NCc3ccccc3)C2)c1. The number of carbonyl (C=O) groups is 1. The summed E-state index contributed by atoms with van der Waals surface area (Å²) in [6, 6.07) is 16.7. The third-order valence-corrected chi connectivity index (χ3v) is 4.16.